The van der Waals surface area contributed by atoms with Gasteiger partial charge in [-0.25, -0.2) is 4.98 Å². The lowest BCUT2D eigenvalue weighted by molar-refractivity contribution is -0.115. The molecule has 0 saturated carbocycles. The van der Waals surface area contributed by atoms with Crippen molar-refractivity contribution in [3.05, 3.63) is 102 Å². The lowest BCUT2D eigenvalue weighted by atomic mass is 10.0. The Morgan fingerprint density at radius 2 is 1.59 bits per heavy atom. The molecule has 1 heterocycles. The minimum Gasteiger partial charge on any atom is -0.325 e. The van der Waals surface area contributed by atoms with Gasteiger partial charge in [-0.05, 0) is 73.0 Å². The fourth-order valence-electron chi connectivity index (χ4n) is 3.43. The number of carbonyl (C=O) groups is 1. The maximum absolute atomic E-state index is 12.2. The van der Waals surface area contributed by atoms with Gasteiger partial charge in [0, 0.05) is 22.6 Å². The van der Waals surface area contributed by atoms with E-state index in [4.69, 9.17) is 11.6 Å². The zero-order valence-electron chi connectivity index (χ0n) is 17.9. The van der Waals surface area contributed by atoms with Crippen molar-refractivity contribution in [3.8, 4) is 16.8 Å². The van der Waals surface area contributed by atoms with Gasteiger partial charge in [0.05, 0.1) is 18.6 Å². The molecule has 0 bridgehead atoms. The molecular weight excluding hydrogens is 420 g/mol. The van der Waals surface area contributed by atoms with Gasteiger partial charge < -0.3 is 15.2 Å². The summed E-state index contributed by atoms with van der Waals surface area (Å²) in [7, 11) is 0. The molecule has 1 amide bonds. The largest absolute Gasteiger partial charge is 0.325 e. The second-order valence-electron chi connectivity index (χ2n) is 7.65. The number of nitrogens with zero attached hydrogens (tertiary/aromatic N) is 2. The van der Waals surface area contributed by atoms with E-state index in [9.17, 15) is 4.79 Å². The van der Waals surface area contributed by atoms with Crippen LogP contribution in [-0.4, -0.2) is 28.5 Å². The summed E-state index contributed by atoms with van der Waals surface area (Å²) < 4.78 is 2.00. The number of halogens is 1. The third kappa shape index (κ3) is 5.84. The summed E-state index contributed by atoms with van der Waals surface area (Å²) in [4.78, 5) is 16.5. The van der Waals surface area contributed by atoms with E-state index in [1.54, 1.807) is 0 Å². The van der Waals surface area contributed by atoms with Gasteiger partial charge >= 0.3 is 0 Å². The van der Waals surface area contributed by atoms with Crippen LogP contribution in [0.2, 0.25) is 5.02 Å². The molecule has 4 rings (SSSR count). The van der Waals surface area contributed by atoms with Crippen LogP contribution in [0.3, 0.4) is 0 Å². The van der Waals surface area contributed by atoms with Crippen molar-refractivity contribution >= 4 is 23.2 Å². The number of nitrogens with one attached hydrogen (secondary N) is 2. The van der Waals surface area contributed by atoms with Crippen molar-refractivity contribution in [1.82, 2.24) is 14.9 Å². The fourth-order valence-corrected chi connectivity index (χ4v) is 3.55. The zero-order chi connectivity index (χ0) is 22.3. The Morgan fingerprint density at radius 1 is 0.938 bits per heavy atom. The van der Waals surface area contributed by atoms with E-state index in [-0.39, 0.29) is 12.5 Å². The highest BCUT2D eigenvalue weighted by Crippen LogP contribution is 2.23. The summed E-state index contributed by atoms with van der Waals surface area (Å²) in [5.41, 5.74) is 6.24. The number of anilines is 1. The molecule has 0 fully saturated rings. The Morgan fingerprint density at radius 3 is 2.22 bits per heavy atom. The standard InChI is InChI=1S/C26H25ClN4O/c1-19-17-31(18-29-19)25-12-6-22(7-13-25)21-4-10-24(11-5-21)30-26(32)16-28-15-14-20-2-8-23(27)9-3-20/h2-13,17-18,28H,14-16H2,1H3,(H,30,32). The summed E-state index contributed by atoms with van der Waals surface area (Å²) in [5, 5.41) is 6.84. The number of carbonyl (C=O) groups excluding carboxylic acids is 1. The molecule has 0 atom stereocenters. The summed E-state index contributed by atoms with van der Waals surface area (Å²) in [6.07, 6.45) is 4.66. The smallest absolute Gasteiger partial charge is 0.238 e. The normalized spacial score (nSPS) is 10.8. The Balaban J connectivity index is 1.26. The summed E-state index contributed by atoms with van der Waals surface area (Å²) in [6, 6.07) is 23.9. The first-order valence-electron chi connectivity index (χ1n) is 10.5. The maximum atomic E-state index is 12.2. The fraction of sp³-hybridized carbons (Fsp3) is 0.154. The average Bonchev–Trinajstić information content (AvgIpc) is 3.25. The van der Waals surface area contributed by atoms with Crippen LogP contribution < -0.4 is 10.6 Å². The van der Waals surface area contributed by atoms with Crippen molar-refractivity contribution in [3.63, 3.8) is 0 Å². The van der Waals surface area contributed by atoms with E-state index in [0.29, 0.717) is 0 Å². The van der Waals surface area contributed by atoms with Gasteiger partial charge in [0.1, 0.15) is 0 Å². The molecule has 0 aliphatic heterocycles. The summed E-state index contributed by atoms with van der Waals surface area (Å²) in [6.45, 7) is 2.97. The van der Waals surface area contributed by atoms with Crippen molar-refractivity contribution < 1.29 is 4.79 Å². The maximum Gasteiger partial charge on any atom is 0.238 e. The van der Waals surface area contributed by atoms with Gasteiger partial charge in [-0.2, -0.15) is 0 Å². The van der Waals surface area contributed by atoms with Crippen LogP contribution in [0.1, 0.15) is 11.3 Å². The monoisotopic (exact) mass is 444 g/mol. The summed E-state index contributed by atoms with van der Waals surface area (Å²) >= 11 is 5.89. The summed E-state index contributed by atoms with van der Waals surface area (Å²) in [5.74, 6) is -0.0613. The third-order valence-corrected chi connectivity index (χ3v) is 5.42. The van der Waals surface area contributed by atoms with E-state index >= 15 is 0 Å². The minimum atomic E-state index is -0.0613. The Hall–Kier alpha value is -3.41. The van der Waals surface area contributed by atoms with Crippen LogP contribution >= 0.6 is 11.6 Å². The van der Waals surface area contributed by atoms with Gasteiger partial charge in [-0.3, -0.25) is 4.79 Å². The number of rotatable bonds is 8. The van der Waals surface area contributed by atoms with Crippen LogP contribution in [0.15, 0.2) is 85.3 Å². The van der Waals surface area contributed by atoms with E-state index in [2.05, 4.69) is 39.9 Å². The van der Waals surface area contributed by atoms with Crippen molar-refractivity contribution in [1.29, 1.82) is 0 Å². The third-order valence-electron chi connectivity index (χ3n) is 5.17. The first-order chi connectivity index (χ1) is 15.6. The van der Waals surface area contributed by atoms with Crippen molar-refractivity contribution in [2.45, 2.75) is 13.3 Å². The second kappa shape index (κ2) is 10.3. The molecule has 0 saturated heterocycles. The predicted molar refractivity (Wildman–Crippen MR) is 130 cm³/mol. The molecule has 0 spiro atoms. The number of hydrogen-bond acceptors (Lipinski definition) is 3. The Labute approximate surface area is 193 Å². The van der Waals surface area contributed by atoms with E-state index in [0.717, 1.165) is 46.2 Å². The molecule has 1 aromatic heterocycles. The van der Waals surface area contributed by atoms with Crippen LogP contribution in [-0.2, 0) is 11.2 Å². The van der Waals surface area contributed by atoms with E-state index in [1.165, 1.54) is 5.56 Å². The molecular formula is C26H25ClN4O. The highest BCUT2D eigenvalue weighted by atomic mass is 35.5. The first-order valence-corrected chi connectivity index (χ1v) is 10.9. The molecule has 4 aromatic rings. The van der Waals surface area contributed by atoms with Gasteiger partial charge in [-0.15, -0.1) is 0 Å². The van der Waals surface area contributed by atoms with Gasteiger partial charge in [0.15, 0.2) is 0 Å². The molecule has 3 aromatic carbocycles. The molecule has 5 nitrogen and oxygen atoms in total. The zero-order valence-corrected chi connectivity index (χ0v) is 18.6. The van der Waals surface area contributed by atoms with Gasteiger partial charge in [-0.1, -0.05) is 48.0 Å². The first kappa shape index (κ1) is 21.8. The lowest BCUT2D eigenvalue weighted by Gasteiger charge is -2.09. The van der Waals surface area contributed by atoms with E-state index in [1.807, 2.05) is 72.5 Å². The predicted octanol–water partition coefficient (Wildman–Crippen LogP) is 5.27. The van der Waals surface area contributed by atoms with E-state index < -0.39 is 0 Å². The molecule has 0 radical (unpaired) electrons. The molecule has 0 aliphatic rings. The molecule has 0 unspecified atom stereocenters. The molecule has 2 N–H and O–H groups in total. The minimum absolute atomic E-state index is 0.0613. The van der Waals surface area contributed by atoms with Crippen molar-refractivity contribution in [2.75, 3.05) is 18.4 Å². The topological polar surface area (TPSA) is 59.0 Å². The Bertz CT molecular complexity index is 1170. The van der Waals surface area contributed by atoms with Crippen LogP contribution in [0, 0.1) is 6.92 Å². The highest BCUT2D eigenvalue weighted by Gasteiger charge is 2.04. The second-order valence-corrected chi connectivity index (χ2v) is 8.08. The number of aryl methyl sites for hydroxylation is 1. The molecule has 6 heteroatoms. The average molecular weight is 445 g/mol. The van der Waals surface area contributed by atoms with Gasteiger partial charge in [0.25, 0.3) is 0 Å². The number of benzene rings is 3. The highest BCUT2D eigenvalue weighted by molar-refractivity contribution is 6.30. The quantitative estimate of drug-likeness (QED) is 0.364. The number of amides is 1. The Kier molecular flexibility index (Phi) is 7.00. The number of hydrogen-bond donors (Lipinski definition) is 2. The molecule has 0 aliphatic carbocycles. The number of imidazole rings is 1. The molecule has 162 valence electrons. The van der Waals surface area contributed by atoms with Crippen LogP contribution in [0.5, 0.6) is 0 Å². The molecule has 32 heavy (non-hydrogen) atoms. The van der Waals surface area contributed by atoms with Crippen LogP contribution in [0.25, 0.3) is 16.8 Å². The number of aromatic nitrogens is 2. The van der Waals surface area contributed by atoms with Crippen molar-refractivity contribution in [2.24, 2.45) is 0 Å². The SMILES string of the molecule is Cc1cn(-c2ccc(-c3ccc(NC(=O)CNCCc4ccc(Cl)cc4)cc3)cc2)cn1. The van der Waals surface area contributed by atoms with Crippen LogP contribution in [0.4, 0.5) is 5.69 Å². The lowest BCUT2D eigenvalue weighted by Crippen LogP contribution is -2.29. The van der Waals surface area contributed by atoms with Gasteiger partial charge in [0.2, 0.25) is 5.91 Å².